The summed E-state index contributed by atoms with van der Waals surface area (Å²) in [4.78, 5) is 38.3. The maximum Gasteiger partial charge on any atom is 0.311 e. The third kappa shape index (κ3) is 4.89. The molecule has 0 aromatic heterocycles. The second-order valence-electron chi connectivity index (χ2n) is 6.93. The number of anilines is 2. The molecule has 1 saturated heterocycles. The second kappa shape index (κ2) is 8.84. The molecule has 1 heterocycles. The van der Waals surface area contributed by atoms with Crippen LogP contribution in [0.4, 0.5) is 11.4 Å². The Bertz CT molecular complexity index is 977. The standard InChI is InChI=1S/C21H20Cl2N2O4/c1-12-6-7-15(8-13(12)2)25-10-14(9-19(25)27)21(28)29-11-18(26)24-17-5-3-4-16(22)20(17)23/h3-8,14H,9-11H2,1-2H3,(H,24,26)/t14-/m0/s1. The Morgan fingerprint density at radius 3 is 2.66 bits per heavy atom. The lowest BCUT2D eigenvalue weighted by molar-refractivity contribution is -0.151. The molecule has 1 aliphatic rings. The first-order valence-corrected chi connectivity index (χ1v) is 9.80. The van der Waals surface area contributed by atoms with Gasteiger partial charge in [-0.1, -0.05) is 35.3 Å². The van der Waals surface area contributed by atoms with Crippen LogP contribution in [0.5, 0.6) is 0 Å². The van der Waals surface area contributed by atoms with E-state index < -0.39 is 24.4 Å². The van der Waals surface area contributed by atoms with E-state index in [4.69, 9.17) is 27.9 Å². The van der Waals surface area contributed by atoms with Crippen molar-refractivity contribution < 1.29 is 19.1 Å². The molecule has 29 heavy (non-hydrogen) atoms. The zero-order valence-electron chi connectivity index (χ0n) is 16.0. The summed E-state index contributed by atoms with van der Waals surface area (Å²) in [5.74, 6) is -1.90. The van der Waals surface area contributed by atoms with Crippen LogP contribution in [0.1, 0.15) is 17.5 Å². The molecule has 3 rings (SSSR count). The fourth-order valence-electron chi connectivity index (χ4n) is 3.05. The van der Waals surface area contributed by atoms with E-state index in [9.17, 15) is 14.4 Å². The van der Waals surface area contributed by atoms with Crippen LogP contribution in [-0.2, 0) is 19.1 Å². The van der Waals surface area contributed by atoms with E-state index >= 15 is 0 Å². The molecule has 152 valence electrons. The van der Waals surface area contributed by atoms with Crippen LogP contribution < -0.4 is 10.2 Å². The topological polar surface area (TPSA) is 75.7 Å². The molecule has 1 aliphatic heterocycles. The van der Waals surface area contributed by atoms with Crippen LogP contribution in [0, 0.1) is 19.8 Å². The Kier molecular flexibility index (Phi) is 6.45. The van der Waals surface area contributed by atoms with Crippen molar-refractivity contribution in [1.29, 1.82) is 0 Å². The number of hydrogen-bond acceptors (Lipinski definition) is 4. The molecule has 0 spiro atoms. The number of amides is 2. The van der Waals surface area contributed by atoms with Gasteiger partial charge in [-0.2, -0.15) is 0 Å². The van der Waals surface area contributed by atoms with Gasteiger partial charge in [0.25, 0.3) is 5.91 Å². The summed E-state index contributed by atoms with van der Waals surface area (Å²) in [6, 6.07) is 10.5. The minimum atomic E-state index is -0.619. The number of halogens is 2. The largest absolute Gasteiger partial charge is 0.455 e. The van der Waals surface area contributed by atoms with Crippen LogP contribution in [0.15, 0.2) is 36.4 Å². The number of nitrogens with zero attached hydrogens (tertiary/aromatic N) is 1. The Balaban J connectivity index is 1.56. The molecule has 0 radical (unpaired) electrons. The number of esters is 1. The number of ether oxygens (including phenoxy) is 1. The molecule has 0 unspecified atom stereocenters. The molecule has 0 bridgehead atoms. The van der Waals surface area contributed by atoms with Crippen molar-refractivity contribution in [3.8, 4) is 0 Å². The summed E-state index contributed by atoms with van der Waals surface area (Å²) in [5.41, 5.74) is 3.28. The zero-order chi connectivity index (χ0) is 21.1. The van der Waals surface area contributed by atoms with Crippen molar-refractivity contribution in [3.63, 3.8) is 0 Å². The third-order valence-electron chi connectivity index (χ3n) is 4.83. The summed E-state index contributed by atoms with van der Waals surface area (Å²) in [5, 5.41) is 3.05. The number of carbonyl (C=O) groups is 3. The van der Waals surface area contributed by atoms with Gasteiger partial charge in [0.15, 0.2) is 6.61 Å². The van der Waals surface area contributed by atoms with Crippen LogP contribution in [-0.4, -0.2) is 30.9 Å². The normalized spacial score (nSPS) is 16.1. The van der Waals surface area contributed by atoms with Gasteiger partial charge in [-0.15, -0.1) is 0 Å². The minimum Gasteiger partial charge on any atom is -0.455 e. The molecular formula is C21H20Cl2N2O4. The van der Waals surface area contributed by atoms with Crippen molar-refractivity contribution >= 4 is 52.4 Å². The van der Waals surface area contributed by atoms with Crippen molar-refractivity contribution in [2.75, 3.05) is 23.4 Å². The first-order chi connectivity index (χ1) is 13.8. The molecule has 1 atom stereocenters. The molecule has 1 fully saturated rings. The highest BCUT2D eigenvalue weighted by Crippen LogP contribution is 2.30. The Morgan fingerprint density at radius 2 is 1.93 bits per heavy atom. The highest BCUT2D eigenvalue weighted by atomic mass is 35.5. The van der Waals surface area contributed by atoms with Crippen LogP contribution in [0.25, 0.3) is 0 Å². The van der Waals surface area contributed by atoms with E-state index in [1.165, 1.54) is 0 Å². The molecule has 8 heteroatoms. The van der Waals surface area contributed by atoms with Crippen molar-refractivity contribution in [3.05, 3.63) is 57.6 Å². The minimum absolute atomic E-state index is 0.0491. The SMILES string of the molecule is Cc1ccc(N2C[C@@H](C(=O)OCC(=O)Nc3cccc(Cl)c3Cl)CC2=O)cc1C. The number of nitrogens with one attached hydrogen (secondary N) is 1. The smallest absolute Gasteiger partial charge is 0.311 e. The molecule has 1 N–H and O–H groups in total. The first kappa shape index (κ1) is 21.1. The highest BCUT2D eigenvalue weighted by molar-refractivity contribution is 6.44. The van der Waals surface area contributed by atoms with Gasteiger partial charge in [-0.05, 0) is 49.2 Å². The Labute approximate surface area is 178 Å². The Morgan fingerprint density at radius 1 is 1.17 bits per heavy atom. The second-order valence-corrected chi connectivity index (χ2v) is 7.72. The predicted molar refractivity (Wildman–Crippen MR) is 112 cm³/mol. The summed E-state index contributed by atoms with van der Waals surface area (Å²) in [6.07, 6.45) is 0.0491. The Hall–Kier alpha value is -2.57. The molecule has 6 nitrogen and oxygen atoms in total. The lowest BCUT2D eigenvalue weighted by Gasteiger charge is -2.17. The average Bonchev–Trinajstić information content (AvgIpc) is 3.07. The first-order valence-electron chi connectivity index (χ1n) is 9.04. The number of hydrogen-bond donors (Lipinski definition) is 1. The lowest BCUT2D eigenvalue weighted by Crippen LogP contribution is -2.28. The summed E-state index contributed by atoms with van der Waals surface area (Å²) in [6.45, 7) is 3.71. The van der Waals surface area contributed by atoms with E-state index in [1.807, 2.05) is 32.0 Å². The van der Waals surface area contributed by atoms with Gasteiger partial charge in [0, 0.05) is 18.7 Å². The number of benzene rings is 2. The monoisotopic (exact) mass is 434 g/mol. The van der Waals surface area contributed by atoms with Crippen LogP contribution >= 0.6 is 23.2 Å². The summed E-state index contributed by atoms with van der Waals surface area (Å²) in [7, 11) is 0. The molecule has 2 amide bonds. The average molecular weight is 435 g/mol. The molecule has 0 aliphatic carbocycles. The van der Waals surface area contributed by atoms with Crippen molar-refractivity contribution in [2.45, 2.75) is 20.3 Å². The van der Waals surface area contributed by atoms with Gasteiger partial charge in [0.2, 0.25) is 5.91 Å². The van der Waals surface area contributed by atoms with Crippen molar-refractivity contribution in [1.82, 2.24) is 0 Å². The van der Waals surface area contributed by atoms with Crippen LogP contribution in [0.2, 0.25) is 10.0 Å². The molecule has 2 aromatic rings. The maximum atomic E-state index is 12.3. The van der Waals surface area contributed by atoms with Crippen molar-refractivity contribution in [2.24, 2.45) is 5.92 Å². The van der Waals surface area contributed by atoms with Gasteiger partial charge >= 0.3 is 5.97 Å². The van der Waals surface area contributed by atoms with E-state index in [2.05, 4.69) is 5.32 Å². The zero-order valence-corrected chi connectivity index (χ0v) is 17.5. The fraction of sp³-hybridized carbons (Fsp3) is 0.286. The molecular weight excluding hydrogens is 415 g/mol. The van der Waals surface area contributed by atoms with E-state index in [0.29, 0.717) is 10.7 Å². The predicted octanol–water partition coefficient (Wildman–Crippen LogP) is 4.15. The van der Waals surface area contributed by atoms with E-state index in [-0.39, 0.29) is 23.9 Å². The quantitative estimate of drug-likeness (QED) is 0.717. The van der Waals surface area contributed by atoms with Crippen LogP contribution in [0.3, 0.4) is 0 Å². The molecule has 2 aromatic carbocycles. The summed E-state index contributed by atoms with van der Waals surface area (Å²) < 4.78 is 5.10. The number of rotatable bonds is 5. The summed E-state index contributed by atoms with van der Waals surface area (Å²) >= 11 is 11.9. The van der Waals surface area contributed by atoms with Gasteiger partial charge in [0.05, 0.1) is 21.7 Å². The van der Waals surface area contributed by atoms with E-state index in [0.717, 1.165) is 16.8 Å². The number of aryl methyl sites for hydroxylation is 2. The molecule has 0 saturated carbocycles. The lowest BCUT2D eigenvalue weighted by atomic mass is 10.1. The van der Waals surface area contributed by atoms with Gasteiger partial charge in [-0.3, -0.25) is 14.4 Å². The highest BCUT2D eigenvalue weighted by Gasteiger charge is 2.36. The third-order valence-corrected chi connectivity index (χ3v) is 5.65. The van der Waals surface area contributed by atoms with Gasteiger partial charge in [0.1, 0.15) is 0 Å². The van der Waals surface area contributed by atoms with E-state index in [1.54, 1.807) is 23.1 Å². The fourth-order valence-corrected chi connectivity index (χ4v) is 3.40. The van der Waals surface area contributed by atoms with Gasteiger partial charge < -0.3 is 15.0 Å². The number of carbonyl (C=O) groups excluding carboxylic acids is 3. The maximum absolute atomic E-state index is 12.3. The van der Waals surface area contributed by atoms with Gasteiger partial charge in [-0.25, -0.2) is 0 Å².